The molecule has 1 aromatic rings. The molecule has 1 aliphatic rings. The van der Waals surface area contributed by atoms with Gasteiger partial charge in [-0.15, -0.1) is 0 Å². The summed E-state index contributed by atoms with van der Waals surface area (Å²) in [7, 11) is 0. The van der Waals surface area contributed by atoms with E-state index in [9.17, 15) is 4.79 Å². The summed E-state index contributed by atoms with van der Waals surface area (Å²) < 4.78 is 0. The van der Waals surface area contributed by atoms with Crippen LogP contribution in [0.2, 0.25) is 0 Å². The average Bonchev–Trinajstić information content (AvgIpc) is 2.30. The highest BCUT2D eigenvalue weighted by atomic mass is 16.1. The zero-order chi connectivity index (χ0) is 9.80. The number of carbonyl (C=O) groups excluding carboxylic acids is 1. The highest BCUT2D eigenvalue weighted by Crippen LogP contribution is 2.16. The van der Waals surface area contributed by atoms with E-state index in [1.807, 2.05) is 47.5 Å². The molecule has 3 heteroatoms. The van der Waals surface area contributed by atoms with E-state index in [1.165, 1.54) is 0 Å². The van der Waals surface area contributed by atoms with Gasteiger partial charge in [-0.3, -0.25) is 0 Å². The first-order valence-electron chi connectivity index (χ1n) is 4.41. The molecule has 70 valence electrons. The number of hydrogen-bond acceptors (Lipinski definition) is 3. The van der Waals surface area contributed by atoms with Crippen molar-refractivity contribution in [3.63, 3.8) is 0 Å². The summed E-state index contributed by atoms with van der Waals surface area (Å²) in [6.45, 7) is 0. The highest BCUT2D eigenvalue weighted by molar-refractivity contribution is 5.70. The molecule has 2 rings (SSSR count). The minimum absolute atomic E-state index is 0.241. The number of aldehydes is 1. The van der Waals surface area contributed by atoms with Gasteiger partial charge < -0.3 is 9.69 Å². The Morgan fingerprint density at radius 3 is 3.00 bits per heavy atom. The molecule has 0 radical (unpaired) electrons. The number of carbonyl (C=O) groups is 1. The lowest BCUT2D eigenvalue weighted by atomic mass is 10.2. The summed E-state index contributed by atoms with van der Waals surface area (Å²) >= 11 is 0. The normalized spacial score (nSPS) is 19.7. The van der Waals surface area contributed by atoms with Crippen molar-refractivity contribution in [1.29, 1.82) is 0 Å². The molecule has 0 spiro atoms. The van der Waals surface area contributed by atoms with Crippen LogP contribution in [-0.2, 0) is 4.79 Å². The molecule has 0 fully saturated rings. The molecule has 0 bridgehead atoms. The van der Waals surface area contributed by atoms with Crippen molar-refractivity contribution >= 4 is 12.1 Å². The average molecular weight is 186 g/mol. The molecule has 0 saturated heterocycles. The molecule has 1 unspecified atom stereocenters. The number of aromatic nitrogens is 1. The summed E-state index contributed by atoms with van der Waals surface area (Å²) in [4.78, 5) is 16.8. The molecular weight excluding hydrogens is 176 g/mol. The lowest BCUT2D eigenvalue weighted by Crippen LogP contribution is -2.32. The Bertz CT molecular complexity index is 370. The maximum absolute atomic E-state index is 10.8. The predicted molar refractivity (Wildman–Crippen MR) is 54.8 cm³/mol. The van der Waals surface area contributed by atoms with Gasteiger partial charge in [0.05, 0.1) is 0 Å². The molecule has 0 N–H and O–H groups in total. The number of nitrogens with zero attached hydrogens (tertiary/aromatic N) is 2. The van der Waals surface area contributed by atoms with Crippen LogP contribution >= 0.6 is 0 Å². The van der Waals surface area contributed by atoms with Crippen LogP contribution in [0.5, 0.6) is 0 Å². The Morgan fingerprint density at radius 1 is 1.36 bits per heavy atom. The summed E-state index contributed by atoms with van der Waals surface area (Å²) in [5, 5.41) is 0. The topological polar surface area (TPSA) is 33.2 Å². The minimum Gasteiger partial charge on any atom is -0.319 e. The van der Waals surface area contributed by atoms with Crippen molar-refractivity contribution in [3.8, 4) is 0 Å². The molecule has 0 aliphatic carbocycles. The standard InChI is InChI=1S/C11H10N2O/c14-9-10-5-2-4-8-13(10)11-6-1-3-7-12-11/h1-10H. The molecular formula is C11H10N2O. The van der Waals surface area contributed by atoms with Crippen molar-refractivity contribution < 1.29 is 4.79 Å². The van der Waals surface area contributed by atoms with E-state index in [0.717, 1.165) is 12.1 Å². The zero-order valence-corrected chi connectivity index (χ0v) is 7.58. The summed E-state index contributed by atoms with van der Waals surface area (Å²) in [6, 6.07) is 5.38. The van der Waals surface area contributed by atoms with E-state index >= 15 is 0 Å². The van der Waals surface area contributed by atoms with Gasteiger partial charge in [0.15, 0.2) is 0 Å². The van der Waals surface area contributed by atoms with Crippen LogP contribution in [-0.4, -0.2) is 17.3 Å². The van der Waals surface area contributed by atoms with Crippen LogP contribution < -0.4 is 4.90 Å². The van der Waals surface area contributed by atoms with Crippen molar-refractivity contribution in [3.05, 3.63) is 48.8 Å². The monoisotopic (exact) mass is 186 g/mol. The van der Waals surface area contributed by atoms with Gasteiger partial charge in [0.1, 0.15) is 18.1 Å². The largest absolute Gasteiger partial charge is 0.319 e. The van der Waals surface area contributed by atoms with Crippen molar-refractivity contribution in [2.75, 3.05) is 4.90 Å². The number of hydrogen-bond donors (Lipinski definition) is 0. The SMILES string of the molecule is O=CC1C=CC=CN1c1ccccn1. The number of pyridine rings is 1. The smallest absolute Gasteiger partial charge is 0.146 e. The maximum Gasteiger partial charge on any atom is 0.146 e. The first-order chi connectivity index (χ1) is 6.92. The molecule has 1 atom stereocenters. The van der Waals surface area contributed by atoms with Gasteiger partial charge >= 0.3 is 0 Å². The van der Waals surface area contributed by atoms with Crippen molar-refractivity contribution in [2.45, 2.75) is 6.04 Å². The Morgan fingerprint density at radius 2 is 2.29 bits per heavy atom. The molecule has 0 aromatic carbocycles. The molecule has 14 heavy (non-hydrogen) atoms. The Balaban J connectivity index is 2.30. The molecule has 1 aromatic heterocycles. The highest BCUT2D eigenvalue weighted by Gasteiger charge is 2.15. The van der Waals surface area contributed by atoms with Crippen LogP contribution in [0.4, 0.5) is 5.82 Å². The fraction of sp³-hybridized carbons (Fsp3) is 0.0909. The van der Waals surface area contributed by atoms with E-state index < -0.39 is 0 Å². The number of anilines is 1. The molecule has 3 nitrogen and oxygen atoms in total. The quantitative estimate of drug-likeness (QED) is 0.657. The van der Waals surface area contributed by atoms with Crippen LogP contribution in [0, 0.1) is 0 Å². The summed E-state index contributed by atoms with van der Waals surface area (Å²) in [6.07, 6.45) is 10.0. The van der Waals surface area contributed by atoms with Gasteiger partial charge in [0.2, 0.25) is 0 Å². The van der Waals surface area contributed by atoms with Gasteiger partial charge in [-0.1, -0.05) is 18.2 Å². The fourth-order valence-corrected chi connectivity index (χ4v) is 1.36. The second-order valence-corrected chi connectivity index (χ2v) is 2.95. The third-order valence-corrected chi connectivity index (χ3v) is 2.04. The van der Waals surface area contributed by atoms with Gasteiger partial charge in [0.25, 0.3) is 0 Å². The lowest BCUT2D eigenvalue weighted by Gasteiger charge is -2.24. The van der Waals surface area contributed by atoms with Crippen LogP contribution in [0.3, 0.4) is 0 Å². The van der Waals surface area contributed by atoms with E-state index in [1.54, 1.807) is 6.20 Å². The van der Waals surface area contributed by atoms with Crippen LogP contribution in [0.1, 0.15) is 0 Å². The van der Waals surface area contributed by atoms with Crippen LogP contribution in [0.15, 0.2) is 48.8 Å². The Kier molecular flexibility index (Phi) is 2.40. The Hall–Kier alpha value is -1.90. The predicted octanol–water partition coefficient (Wildman–Crippen LogP) is 1.54. The Labute approximate surface area is 82.4 Å². The first kappa shape index (κ1) is 8.69. The lowest BCUT2D eigenvalue weighted by molar-refractivity contribution is -0.108. The van der Waals surface area contributed by atoms with E-state index in [2.05, 4.69) is 4.98 Å². The molecule has 0 saturated carbocycles. The summed E-state index contributed by atoms with van der Waals surface area (Å²) in [5.74, 6) is 0.783. The van der Waals surface area contributed by atoms with Gasteiger partial charge in [-0.25, -0.2) is 4.98 Å². The minimum atomic E-state index is -0.241. The first-order valence-corrected chi connectivity index (χ1v) is 4.41. The second-order valence-electron chi connectivity index (χ2n) is 2.95. The van der Waals surface area contributed by atoms with Crippen LogP contribution in [0.25, 0.3) is 0 Å². The second kappa shape index (κ2) is 3.87. The third-order valence-electron chi connectivity index (χ3n) is 2.04. The van der Waals surface area contributed by atoms with E-state index in [-0.39, 0.29) is 6.04 Å². The van der Waals surface area contributed by atoms with Crippen molar-refractivity contribution in [2.24, 2.45) is 0 Å². The van der Waals surface area contributed by atoms with E-state index in [4.69, 9.17) is 0 Å². The van der Waals surface area contributed by atoms with Crippen molar-refractivity contribution in [1.82, 2.24) is 4.98 Å². The number of allylic oxidation sites excluding steroid dienone is 2. The zero-order valence-electron chi connectivity index (χ0n) is 7.58. The fourth-order valence-electron chi connectivity index (χ4n) is 1.36. The maximum atomic E-state index is 10.8. The van der Waals surface area contributed by atoms with E-state index in [0.29, 0.717) is 0 Å². The molecule has 1 aliphatic heterocycles. The molecule has 2 heterocycles. The van der Waals surface area contributed by atoms with Gasteiger partial charge in [-0.05, 0) is 18.2 Å². The van der Waals surface area contributed by atoms with Gasteiger partial charge in [0, 0.05) is 12.4 Å². The third kappa shape index (κ3) is 1.57. The number of rotatable bonds is 2. The summed E-state index contributed by atoms with van der Waals surface area (Å²) in [5.41, 5.74) is 0. The van der Waals surface area contributed by atoms with Gasteiger partial charge in [-0.2, -0.15) is 0 Å². The molecule has 0 amide bonds.